The normalized spacial score (nSPS) is 21.7. The number of likely N-dealkylation sites (tertiary alicyclic amines) is 1. The second-order valence-electron chi connectivity index (χ2n) is 6.02. The smallest absolute Gasteiger partial charge is 0.00507 e. The lowest BCUT2D eigenvalue weighted by Gasteiger charge is -2.17. The van der Waals surface area contributed by atoms with E-state index >= 15 is 0 Å². The summed E-state index contributed by atoms with van der Waals surface area (Å²) in [4.78, 5) is 2.63. The van der Waals surface area contributed by atoms with Gasteiger partial charge in [0.25, 0.3) is 0 Å². The fourth-order valence-corrected chi connectivity index (χ4v) is 3.13. The highest BCUT2D eigenvalue weighted by Crippen LogP contribution is 2.27. The fraction of sp³-hybridized carbons (Fsp3) is 0.647. The average Bonchev–Trinajstić information content (AvgIpc) is 2.89. The summed E-state index contributed by atoms with van der Waals surface area (Å²) in [5.41, 5.74) is 7.11. The van der Waals surface area contributed by atoms with Crippen LogP contribution in [0.15, 0.2) is 30.3 Å². The van der Waals surface area contributed by atoms with Gasteiger partial charge in [0.1, 0.15) is 0 Å². The van der Waals surface area contributed by atoms with Crippen molar-refractivity contribution in [3.63, 3.8) is 0 Å². The predicted molar refractivity (Wildman–Crippen MR) is 82.3 cm³/mol. The van der Waals surface area contributed by atoms with E-state index in [1.807, 2.05) is 0 Å². The molecule has 0 aliphatic carbocycles. The van der Waals surface area contributed by atoms with Gasteiger partial charge in [-0.15, -0.1) is 0 Å². The molecule has 1 aromatic carbocycles. The molecule has 2 atom stereocenters. The van der Waals surface area contributed by atoms with Crippen molar-refractivity contribution in [2.75, 3.05) is 26.2 Å². The van der Waals surface area contributed by atoms with Gasteiger partial charge in [0.2, 0.25) is 0 Å². The number of nitrogens with two attached hydrogens (primary N) is 1. The minimum Gasteiger partial charge on any atom is -0.330 e. The first-order chi connectivity index (χ1) is 9.29. The van der Waals surface area contributed by atoms with Gasteiger partial charge >= 0.3 is 0 Å². The van der Waals surface area contributed by atoms with Crippen LogP contribution in [0.3, 0.4) is 0 Å². The van der Waals surface area contributed by atoms with Crippen molar-refractivity contribution in [1.82, 2.24) is 4.90 Å². The molecule has 0 radical (unpaired) electrons. The Balaban J connectivity index is 1.68. The molecule has 2 nitrogen and oxygen atoms in total. The maximum atomic E-state index is 5.60. The third kappa shape index (κ3) is 4.63. The molecule has 2 N–H and O–H groups in total. The summed E-state index contributed by atoms with van der Waals surface area (Å²) in [6.45, 7) is 6.93. The Morgan fingerprint density at radius 1 is 1.26 bits per heavy atom. The summed E-state index contributed by atoms with van der Waals surface area (Å²) in [5, 5.41) is 0. The number of hydrogen-bond donors (Lipinski definition) is 1. The quantitative estimate of drug-likeness (QED) is 0.815. The van der Waals surface area contributed by atoms with E-state index in [1.165, 1.54) is 50.9 Å². The Labute approximate surface area is 118 Å². The molecule has 1 aliphatic rings. The van der Waals surface area contributed by atoms with Gasteiger partial charge < -0.3 is 10.6 Å². The molecule has 2 heteroatoms. The lowest BCUT2D eigenvalue weighted by Crippen LogP contribution is -2.22. The van der Waals surface area contributed by atoms with Crippen LogP contribution in [0, 0.1) is 5.92 Å². The molecule has 1 aliphatic heterocycles. The monoisotopic (exact) mass is 260 g/mol. The molecule has 1 aromatic rings. The van der Waals surface area contributed by atoms with Crippen molar-refractivity contribution in [2.45, 2.75) is 38.5 Å². The van der Waals surface area contributed by atoms with Gasteiger partial charge in [-0.2, -0.15) is 0 Å². The lowest BCUT2D eigenvalue weighted by atomic mass is 9.99. The molecule has 2 rings (SSSR count). The molecule has 0 saturated carbocycles. The van der Waals surface area contributed by atoms with Crippen LogP contribution < -0.4 is 5.73 Å². The first-order valence-corrected chi connectivity index (χ1v) is 7.77. The Morgan fingerprint density at radius 3 is 2.79 bits per heavy atom. The van der Waals surface area contributed by atoms with E-state index in [0.717, 1.165) is 18.4 Å². The molecular weight excluding hydrogens is 232 g/mol. The number of nitrogens with zero attached hydrogens (tertiary/aromatic N) is 1. The Morgan fingerprint density at radius 2 is 2.05 bits per heavy atom. The van der Waals surface area contributed by atoms with Crippen LogP contribution in [0.4, 0.5) is 0 Å². The van der Waals surface area contributed by atoms with Crippen molar-refractivity contribution >= 4 is 0 Å². The van der Waals surface area contributed by atoms with Gasteiger partial charge in [-0.3, -0.25) is 0 Å². The van der Waals surface area contributed by atoms with Crippen LogP contribution in [0.2, 0.25) is 0 Å². The van der Waals surface area contributed by atoms with Crippen molar-refractivity contribution in [3.8, 4) is 0 Å². The maximum absolute atomic E-state index is 5.60. The molecule has 0 aromatic heterocycles. The number of benzene rings is 1. The Hall–Kier alpha value is -0.860. The molecule has 0 spiro atoms. The van der Waals surface area contributed by atoms with Crippen LogP contribution in [-0.2, 0) is 0 Å². The summed E-state index contributed by atoms with van der Waals surface area (Å²) < 4.78 is 0. The lowest BCUT2D eigenvalue weighted by molar-refractivity contribution is 0.312. The van der Waals surface area contributed by atoms with Gasteiger partial charge in [0, 0.05) is 6.54 Å². The van der Waals surface area contributed by atoms with Gasteiger partial charge in [-0.05, 0) is 62.7 Å². The minimum atomic E-state index is 0.752. The highest BCUT2D eigenvalue weighted by molar-refractivity contribution is 5.20. The van der Waals surface area contributed by atoms with E-state index < -0.39 is 0 Å². The van der Waals surface area contributed by atoms with Crippen molar-refractivity contribution < 1.29 is 0 Å². The molecule has 106 valence electrons. The number of hydrogen-bond acceptors (Lipinski definition) is 2. The van der Waals surface area contributed by atoms with Gasteiger partial charge in [-0.1, -0.05) is 37.3 Å². The van der Waals surface area contributed by atoms with E-state index in [1.54, 1.807) is 0 Å². The summed E-state index contributed by atoms with van der Waals surface area (Å²) >= 11 is 0. The van der Waals surface area contributed by atoms with E-state index in [-0.39, 0.29) is 0 Å². The maximum Gasteiger partial charge on any atom is 0.00507 e. The molecule has 1 heterocycles. The fourth-order valence-electron chi connectivity index (χ4n) is 3.13. The molecule has 1 fully saturated rings. The Kier molecular flexibility index (Phi) is 5.87. The van der Waals surface area contributed by atoms with Crippen molar-refractivity contribution in [2.24, 2.45) is 11.7 Å². The zero-order valence-corrected chi connectivity index (χ0v) is 12.2. The zero-order chi connectivity index (χ0) is 13.5. The van der Waals surface area contributed by atoms with Crippen LogP contribution in [0.5, 0.6) is 0 Å². The molecule has 19 heavy (non-hydrogen) atoms. The van der Waals surface area contributed by atoms with Crippen LogP contribution >= 0.6 is 0 Å². The topological polar surface area (TPSA) is 29.3 Å². The first kappa shape index (κ1) is 14.5. The van der Waals surface area contributed by atoms with Crippen LogP contribution in [0.1, 0.15) is 44.1 Å². The molecule has 0 bridgehead atoms. The summed E-state index contributed by atoms with van der Waals surface area (Å²) in [5.74, 6) is 1.54. The summed E-state index contributed by atoms with van der Waals surface area (Å²) in [6.07, 6.45) is 5.14. The molecular formula is C17H28N2. The first-order valence-electron chi connectivity index (χ1n) is 7.77. The second kappa shape index (κ2) is 7.66. The minimum absolute atomic E-state index is 0.752. The van der Waals surface area contributed by atoms with Crippen molar-refractivity contribution in [1.29, 1.82) is 0 Å². The van der Waals surface area contributed by atoms with Crippen molar-refractivity contribution in [3.05, 3.63) is 35.9 Å². The molecule has 2 unspecified atom stereocenters. The largest absolute Gasteiger partial charge is 0.330 e. The highest BCUT2D eigenvalue weighted by Gasteiger charge is 2.23. The van der Waals surface area contributed by atoms with E-state index in [2.05, 4.69) is 42.2 Å². The summed E-state index contributed by atoms with van der Waals surface area (Å²) in [7, 11) is 0. The molecule has 1 saturated heterocycles. The highest BCUT2D eigenvalue weighted by atomic mass is 15.1. The van der Waals surface area contributed by atoms with Gasteiger partial charge in [-0.25, -0.2) is 0 Å². The Bertz CT molecular complexity index is 350. The average molecular weight is 260 g/mol. The van der Waals surface area contributed by atoms with Gasteiger partial charge in [0.15, 0.2) is 0 Å². The predicted octanol–water partition coefficient (Wildman–Crippen LogP) is 3.24. The second-order valence-corrected chi connectivity index (χ2v) is 6.02. The van der Waals surface area contributed by atoms with E-state index in [9.17, 15) is 0 Å². The van der Waals surface area contributed by atoms with Gasteiger partial charge in [0.05, 0.1) is 0 Å². The van der Waals surface area contributed by atoms with Crippen LogP contribution in [-0.4, -0.2) is 31.1 Å². The third-order valence-corrected chi connectivity index (χ3v) is 4.37. The summed E-state index contributed by atoms with van der Waals surface area (Å²) in [6, 6.07) is 11.0. The van der Waals surface area contributed by atoms with Crippen LogP contribution in [0.25, 0.3) is 0 Å². The van der Waals surface area contributed by atoms with E-state index in [0.29, 0.717) is 0 Å². The molecule has 0 amide bonds. The third-order valence-electron chi connectivity index (χ3n) is 4.37. The zero-order valence-electron chi connectivity index (χ0n) is 12.2. The number of rotatable bonds is 7. The van der Waals surface area contributed by atoms with E-state index in [4.69, 9.17) is 5.73 Å². The standard InChI is InChI=1S/C17H28N2/c1-15(9-11-18)6-5-12-19-13-10-17(14-19)16-7-3-2-4-8-16/h2-4,7-8,15,17H,5-6,9-14,18H2,1H3. The SMILES string of the molecule is CC(CCN)CCCN1CCC(c2ccccc2)C1.